The maximum atomic E-state index is 5.48. The van der Waals surface area contributed by atoms with Crippen molar-refractivity contribution in [1.29, 1.82) is 0 Å². The molecular formula is C48H76N2Ni. The fraction of sp³-hybridized carbons (Fsp3) is 0.667. The first-order valence-corrected chi connectivity index (χ1v) is 21.5. The number of benzene rings is 2. The molecule has 0 saturated heterocycles. The molecule has 0 heterocycles. The summed E-state index contributed by atoms with van der Waals surface area (Å²) in [7, 11) is 0. The molecule has 2 aromatic carbocycles. The van der Waals surface area contributed by atoms with Crippen molar-refractivity contribution in [3.8, 4) is 11.8 Å². The van der Waals surface area contributed by atoms with Crippen molar-refractivity contribution in [1.82, 2.24) is 0 Å². The Morgan fingerprint density at radius 3 is 1.24 bits per heavy atom. The molecule has 51 heavy (non-hydrogen) atoms. The first-order valence-electron chi connectivity index (χ1n) is 21.5. The van der Waals surface area contributed by atoms with E-state index < -0.39 is 0 Å². The van der Waals surface area contributed by atoms with Crippen LogP contribution < -0.4 is 0 Å². The van der Waals surface area contributed by atoms with Gasteiger partial charge in [0.15, 0.2) is 0 Å². The van der Waals surface area contributed by atoms with E-state index in [2.05, 4.69) is 89.8 Å². The minimum atomic E-state index is 0. The van der Waals surface area contributed by atoms with Gasteiger partial charge in [0.05, 0.1) is 17.1 Å². The van der Waals surface area contributed by atoms with Crippen molar-refractivity contribution in [3.63, 3.8) is 0 Å². The zero-order chi connectivity index (χ0) is 36.1. The molecule has 0 unspecified atom stereocenters. The zero-order valence-corrected chi connectivity index (χ0v) is 35.0. The Kier molecular flexibility index (Phi) is 28.8. The van der Waals surface area contributed by atoms with E-state index in [0.717, 1.165) is 67.7 Å². The van der Waals surface area contributed by atoms with Crippen LogP contribution in [0.5, 0.6) is 0 Å². The molecule has 0 aliphatic heterocycles. The molecule has 0 saturated carbocycles. The van der Waals surface area contributed by atoms with Gasteiger partial charge in [-0.2, -0.15) is 0 Å². The molecule has 0 amide bonds. The van der Waals surface area contributed by atoms with Crippen LogP contribution in [0, 0.1) is 11.8 Å². The second kappa shape index (κ2) is 31.4. The molecule has 0 spiro atoms. The summed E-state index contributed by atoms with van der Waals surface area (Å²) in [6.45, 7) is 13.7. The van der Waals surface area contributed by atoms with Crippen LogP contribution in [-0.2, 0) is 42.2 Å². The molecule has 0 atom stereocenters. The summed E-state index contributed by atoms with van der Waals surface area (Å²) in [6, 6.07) is 14.2. The van der Waals surface area contributed by atoms with Crippen molar-refractivity contribution in [3.05, 3.63) is 58.7 Å². The summed E-state index contributed by atoms with van der Waals surface area (Å²) >= 11 is 0. The number of hydrogen-bond donors (Lipinski definition) is 0. The minimum absolute atomic E-state index is 0. The van der Waals surface area contributed by atoms with Gasteiger partial charge in [-0.05, 0) is 123 Å². The molecule has 2 nitrogen and oxygen atoms in total. The molecule has 0 aliphatic carbocycles. The molecular weight excluding hydrogens is 663 g/mol. The van der Waals surface area contributed by atoms with E-state index in [9.17, 15) is 0 Å². The van der Waals surface area contributed by atoms with Crippen molar-refractivity contribution >= 4 is 22.8 Å². The maximum absolute atomic E-state index is 5.48. The average molecular weight is 740 g/mol. The molecule has 0 aromatic heterocycles. The summed E-state index contributed by atoms with van der Waals surface area (Å²) in [5.41, 5.74) is 9.79. The van der Waals surface area contributed by atoms with Gasteiger partial charge in [0.2, 0.25) is 0 Å². The van der Waals surface area contributed by atoms with Crippen molar-refractivity contribution < 1.29 is 16.5 Å². The van der Waals surface area contributed by atoms with Crippen LogP contribution in [0.15, 0.2) is 46.4 Å². The smallest absolute Gasteiger partial charge is 0.135 e. The predicted molar refractivity (Wildman–Crippen MR) is 225 cm³/mol. The van der Waals surface area contributed by atoms with Gasteiger partial charge in [-0.25, -0.2) is 4.99 Å². The van der Waals surface area contributed by atoms with Gasteiger partial charge in [-0.15, -0.1) is 0 Å². The normalized spacial score (nSPS) is 11.7. The Hall–Kier alpha value is -2.17. The fourth-order valence-electron chi connectivity index (χ4n) is 6.61. The third-order valence-electron chi connectivity index (χ3n) is 9.76. The van der Waals surface area contributed by atoms with Gasteiger partial charge in [-0.3, -0.25) is 4.99 Å². The number of hydrogen-bond acceptors (Lipinski definition) is 2. The molecule has 0 fully saturated rings. The van der Waals surface area contributed by atoms with Gasteiger partial charge < -0.3 is 0 Å². The summed E-state index contributed by atoms with van der Waals surface area (Å²) in [4.78, 5) is 10.9. The van der Waals surface area contributed by atoms with E-state index in [1.807, 2.05) is 0 Å². The number of rotatable bonds is 28. The molecule has 2 aromatic rings. The van der Waals surface area contributed by atoms with Crippen LogP contribution in [-0.4, -0.2) is 11.4 Å². The quantitative estimate of drug-likeness (QED) is 0.0359. The minimum Gasteiger partial charge on any atom is -0.250 e. The molecule has 0 N–H and O–H groups in total. The van der Waals surface area contributed by atoms with E-state index in [1.165, 1.54) is 144 Å². The molecule has 3 heteroatoms. The zero-order valence-electron chi connectivity index (χ0n) is 34.1. The first-order chi connectivity index (χ1) is 24.6. The van der Waals surface area contributed by atoms with Crippen LogP contribution in [0.3, 0.4) is 0 Å². The van der Waals surface area contributed by atoms with E-state index in [-0.39, 0.29) is 16.5 Å². The molecule has 0 radical (unpaired) electrons. The Labute approximate surface area is 326 Å². The predicted octanol–water partition coefficient (Wildman–Crippen LogP) is 15.4. The Morgan fingerprint density at radius 1 is 0.431 bits per heavy atom. The molecule has 0 bridgehead atoms. The monoisotopic (exact) mass is 739 g/mol. The van der Waals surface area contributed by atoms with Gasteiger partial charge in [-0.1, -0.05) is 149 Å². The van der Waals surface area contributed by atoms with Crippen molar-refractivity contribution in [2.24, 2.45) is 9.98 Å². The maximum Gasteiger partial charge on any atom is 0.135 e. The third-order valence-corrected chi connectivity index (χ3v) is 9.76. The van der Waals surface area contributed by atoms with E-state index >= 15 is 0 Å². The SMILES string of the molecule is CCCCCCCCCCC#CC(=N\c1cc(CCCC)cc(CCCC)c1)/C(CCCCCC)=N/c1cc(CCCC)cc(CCCC)c1.[Ni]. The molecule has 288 valence electrons. The Morgan fingerprint density at radius 2 is 0.804 bits per heavy atom. The summed E-state index contributed by atoms with van der Waals surface area (Å²) in [5, 5.41) is 0. The van der Waals surface area contributed by atoms with E-state index in [0.29, 0.717) is 0 Å². The average Bonchev–Trinajstić information content (AvgIpc) is 3.12. The first kappa shape index (κ1) is 46.9. The molecule has 2 rings (SSSR count). The summed E-state index contributed by atoms with van der Waals surface area (Å²) < 4.78 is 0. The van der Waals surface area contributed by atoms with Gasteiger partial charge in [0, 0.05) is 22.9 Å². The number of aryl methyl sites for hydroxylation is 4. The second-order valence-electron chi connectivity index (χ2n) is 14.8. The standard InChI is InChI=1S/C48H76N2.Ni/c1-7-13-19-21-22-23-24-25-26-28-34-48(50-46-39-43(31-17-11-5)36-44(40-46)32-18-12-6)47(33-27-20-14-8-2)49-45-37-41(29-15-9-3)35-42(38-45)30-16-10-4;/h35-40H,7-27,29-33H2,1-6H3;/b49-47+,50-48+;. The van der Waals surface area contributed by atoms with Crippen LogP contribution in [0.1, 0.15) is 205 Å². The third kappa shape index (κ3) is 21.8. The Bertz CT molecular complexity index is 1240. The van der Waals surface area contributed by atoms with E-state index in [1.54, 1.807) is 0 Å². The largest absolute Gasteiger partial charge is 0.250 e. The summed E-state index contributed by atoms with van der Waals surface area (Å²) in [5.74, 6) is 7.24. The summed E-state index contributed by atoms with van der Waals surface area (Å²) in [6.07, 6.45) is 31.5. The fourth-order valence-corrected chi connectivity index (χ4v) is 6.61. The molecule has 0 aliphatic rings. The second-order valence-corrected chi connectivity index (χ2v) is 14.8. The van der Waals surface area contributed by atoms with Crippen LogP contribution in [0.4, 0.5) is 11.4 Å². The van der Waals surface area contributed by atoms with Crippen LogP contribution in [0.25, 0.3) is 0 Å². The van der Waals surface area contributed by atoms with Crippen LogP contribution >= 0.6 is 0 Å². The van der Waals surface area contributed by atoms with Gasteiger partial charge in [0.1, 0.15) is 5.71 Å². The van der Waals surface area contributed by atoms with E-state index in [4.69, 9.17) is 9.98 Å². The number of unbranched alkanes of at least 4 members (excludes halogenated alkanes) is 15. The van der Waals surface area contributed by atoms with Crippen LogP contribution in [0.2, 0.25) is 0 Å². The topological polar surface area (TPSA) is 24.7 Å². The number of nitrogens with zero attached hydrogens (tertiary/aromatic N) is 2. The van der Waals surface area contributed by atoms with Crippen molar-refractivity contribution in [2.75, 3.05) is 0 Å². The number of aliphatic imine (C=N–C) groups is 2. The Balaban J connectivity index is 0.0000130. The van der Waals surface area contributed by atoms with Gasteiger partial charge in [0.25, 0.3) is 0 Å². The van der Waals surface area contributed by atoms with Crippen molar-refractivity contribution in [2.45, 2.75) is 208 Å². The van der Waals surface area contributed by atoms with Gasteiger partial charge >= 0.3 is 0 Å².